The fourth-order valence-electron chi connectivity index (χ4n) is 1.31. The summed E-state index contributed by atoms with van der Waals surface area (Å²) in [4.78, 5) is 5.10. The summed E-state index contributed by atoms with van der Waals surface area (Å²) in [6, 6.07) is 1.21. The van der Waals surface area contributed by atoms with E-state index in [1.54, 1.807) is 13.8 Å². The van der Waals surface area contributed by atoms with Crippen molar-refractivity contribution in [2.45, 2.75) is 26.1 Å². The smallest absolute Gasteiger partial charge is 0.344 e. The molecular formula is C10H11BrClF3N2. The second-order valence-electron chi connectivity index (χ2n) is 3.80. The van der Waals surface area contributed by atoms with Crippen molar-refractivity contribution in [3.8, 4) is 0 Å². The van der Waals surface area contributed by atoms with E-state index in [-0.39, 0.29) is 11.9 Å². The number of rotatable bonds is 3. The Morgan fingerprint density at radius 3 is 2.47 bits per heavy atom. The molecule has 0 atom stereocenters. The first-order valence-electron chi connectivity index (χ1n) is 4.85. The first kappa shape index (κ1) is 14.6. The van der Waals surface area contributed by atoms with Crippen LogP contribution in [0.5, 0.6) is 0 Å². The van der Waals surface area contributed by atoms with Crippen molar-refractivity contribution in [2.75, 3.05) is 11.4 Å². The van der Waals surface area contributed by atoms with Crippen molar-refractivity contribution < 1.29 is 13.2 Å². The molecule has 1 aromatic heterocycles. The molecule has 1 aromatic rings. The summed E-state index contributed by atoms with van der Waals surface area (Å²) in [6.45, 7) is 2.31. The summed E-state index contributed by atoms with van der Waals surface area (Å²) in [7, 11) is 0. The molecule has 1 heterocycles. The van der Waals surface area contributed by atoms with Crippen LogP contribution in [-0.4, -0.2) is 23.7 Å². The van der Waals surface area contributed by atoms with Crippen LogP contribution >= 0.6 is 27.5 Å². The van der Waals surface area contributed by atoms with E-state index in [0.29, 0.717) is 9.50 Å². The molecule has 0 aromatic carbocycles. The van der Waals surface area contributed by atoms with Gasteiger partial charge in [0, 0.05) is 12.2 Å². The second-order valence-corrected chi connectivity index (χ2v) is 5.09. The van der Waals surface area contributed by atoms with Crippen molar-refractivity contribution in [3.05, 3.63) is 21.8 Å². The highest BCUT2D eigenvalue weighted by Gasteiger charge is 2.33. The van der Waals surface area contributed by atoms with Crippen LogP contribution in [-0.2, 0) is 0 Å². The van der Waals surface area contributed by atoms with Gasteiger partial charge < -0.3 is 4.90 Å². The fraction of sp³-hybridized carbons (Fsp3) is 0.500. The average molecular weight is 332 g/mol. The normalized spacial score (nSPS) is 12.0. The van der Waals surface area contributed by atoms with E-state index in [2.05, 4.69) is 20.9 Å². The van der Waals surface area contributed by atoms with E-state index in [1.807, 2.05) is 0 Å². The number of pyridine rings is 1. The molecule has 0 saturated heterocycles. The zero-order chi connectivity index (χ0) is 13.2. The monoisotopic (exact) mass is 330 g/mol. The lowest BCUT2D eigenvalue weighted by Crippen LogP contribution is -2.39. The number of halogens is 5. The summed E-state index contributed by atoms with van der Waals surface area (Å²) < 4.78 is 37.8. The van der Waals surface area contributed by atoms with E-state index >= 15 is 0 Å². The number of hydrogen-bond donors (Lipinski definition) is 0. The van der Waals surface area contributed by atoms with Gasteiger partial charge in [0.15, 0.2) is 0 Å². The minimum atomic E-state index is -4.27. The van der Waals surface area contributed by atoms with Gasteiger partial charge in [0.05, 0.1) is 9.50 Å². The van der Waals surface area contributed by atoms with E-state index in [4.69, 9.17) is 11.6 Å². The molecule has 0 aliphatic carbocycles. The average Bonchev–Trinajstić information content (AvgIpc) is 2.13. The quantitative estimate of drug-likeness (QED) is 0.822. The summed E-state index contributed by atoms with van der Waals surface area (Å²) in [5.74, 6) is 0.238. The predicted molar refractivity (Wildman–Crippen MR) is 65.5 cm³/mol. The first-order valence-corrected chi connectivity index (χ1v) is 6.02. The summed E-state index contributed by atoms with van der Waals surface area (Å²) in [5.41, 5.74) is 0. The Morgan fingerprint density at radius 1 is 1.47 bits per heavy atom. The molecule has 1 rings (SSSR count). The molecule has 0 bridgehead atoms. The molecule has 0 amide bonds. The maximum Gasteiger partial charge on any atom is 0.405 e. The maximum atomic E-state index is 12.5. The predicted octanol–water partition coefficient (Wildman–Crippen LogP) is 4.27. The lowest BCUT2D eigenvalue weighted by molar-refractivity contribution is -0.120. The molecule has 0 N–H and O–H groups in total. The van der Waals surface area contributed by atoms with Crippen LogP contribution in [0.2, 0.25) is 5.02 Å². The molecule has 7 heteroatoms. The largest absolute Gasteiger partial charge is 0.405 e. The van der Waals surface area contributed by atoms with E-state index in [9.17, 15) is 13.2 Å². The Morgan fingerprint density at radius 2 is 2.06 bits per heavy atom. The molecule has 0 aliphatic rings. The standard InChI is InChI=1S/C10H11BrClF3N2/c1-6(2)17(5-10(13,14)15)9-8(11)3-7(12)4-16-9/h3-4,6H,5H2,1-2H3. The Labute approximate surface area is 111 Å². The van der Waals surface area contributed by atoms with Crippen LogP contribution in [0.3, 0.4) is 0 Å². The third-order valence-electron chi connectivity index (χ3n) is 2.03. The molecule has 2 nitrogen and oxygen atoms in total. The van der Waals surface area contributed by atoms with Gasteiger partial charge in [-0.15, -0.1) is 0 Å². The SMILES string of the molecule is CC(C)N(CC(F)(F)F)c1ncc(Cl)cc1Br. The molecule has 0 saturated carbocycles. The van der Waals surface area contributed by atoms with Crippen LogP contribution in [0, 0.1) is 0 Å². The van der Waals surface area contributed by atoms with E-state index in [1.165, 1.54) is 17.2 Å². The topological polar surface area (TPSA) is 16.1 Å². The van der Waals surface area contributed by atoms with Gasteiger partial charge in [0.25, 0.3) is 0 Å². The fourth-order valence-corrected chi connectivity index (χ4v) is 2.18. The van der Waals surface area contributed by atoms with Gasteiger partial charge in [0.1, 0.15) is 12.4 Å². The number of nitrogens with zero attached hydrogens (tertiary/aromatic N) is 2. The molecule has 0 unspecified atom stereocenters. The number of aromatic nitrogens is 1. The van der Waals surface area contributed by atoms with Gasteiger partial charge in [-0.25, -0.2) is 4.98 Å². The van der Waals surface area contributed by atoms with Crippen molar-refractivity contribution in [2.24, 2.45) is 0 Å². The minimum Gasteiger partial charge on any atom is -0.344 e. The number of anilines is 1. The summed E-state index contributed by atoms with van der Waals surface area (Å²) in [6.07, 6.45) is -2.95. The highest BCUT2D eigenvalue weighted by atomic mass is 79.9. The van der Waals surface area contributed by atoms with Gasteiger partial charge in [-0.1, -0.05) is 11.6 Å². The lowest BCUT2D eigenvalue weighted by Gasteiger charge is -2.29. The molecule has 17 heavy (non-hydrogen) atoms. The summed E-state index contributed by atoms with van der Waals surface area (Å²) >= 11 is 8.87. The van der Waals surface area contributed by atoms with Crippen molar-refractivity contribution >= 4 is 33.3 Å². The Hall–Kier alpha value is -0.490. The van der Waals surface area contributed by atoms with E-state index < -0.39 is 12.7 Å². The van der Waals surface area contributed by atoms with Gasteiger partial charge in [-0.05, 0) is 35.8 Å². The number of hydrogen-bond acceptors (Lipinski definition) is 2. The van der Waals surface area contributed by atoms with Gasteiger partial charge in [0.2, 0.25) is 0 Å². The Balaban J connectivity index is 3.06. The molecule has 96 valence electrons. The highest BCUT2D eigenvalue weighted by Crippen LogP contribution is 2.30. The first-order chi connectivity index (χ1) is 7.70. The highest BCUT2D eigenvalue weighted by molar-refractivity contribution is 9.10. The van der Waals surface area contributed by atoms with Crippen molar-refractivity contribution in [3.63, 3.8) is 0 Å². The van der Waals surface area contributed by atoms with Crippen molar-refractivity contribution in [1.82, 2.24) is 4.98 Å². The van der Waals surface area contributed by atoms with Crippen LogP contribution in [0.4, 0.5) is 19.0 Å². The van der Waals surface area contributed by atoms with Crippen LogP contribution in [0.1, 0.15) is 13.8 Å². The molecule has 0 radical (unpaired) electrons. The van der Waals surface area contributed by atoms with E-state index in [0.717, 1.165) is 0 Å². The van der Waals surface area contributed by atoms with Gasteiger partial charge in [-0.3, -0.25) is 0 Å². The van der Waals surface area contributed by atoms with Gasteiger partial charge >= 0.3 is 6.18 Å². The molecule has 0 aliphatic heterocycles. The third-order valence-corrected chi connectivity index (χ3v) is 2.82. The zero-order valence-electron chi connectivity index (χ0n) is 9.22. The van der Waals surface area contributed by atoms with Crippen molar-refractivity contribution in [1.29, 1.82) is 0 Å². The van der Waals surface area contributed by atoms with Crippen LogP contribution in [0.25, 0.3) is 0 Å². The Bertz CT molecular complexity index is 396. The summed E-state index contributed by atoms with van der Waals surface area (Å²) in [5, 5.41) is 0.372. The molecular weight excluding hydrogens is 320 g/mol. The minimum absolute atomic E-state index is 0.238. The lowest BCUT2D eigenvalue weighted by atomic mass is 10.3. The third kappa shape index (κ3) is 4.35. The molecule has 0 fully saturated rings. The molecule has 0 spiro atoms. The zero-order valence-corrected chi connectivity index (χ0v) is 11.6. The number of alkyl halides is 3. The maximum absolute atomic E-state index is 12.5. The van der Waals surface area contributed by atoms with Gasteiger partial charge in [-0.2, -0.15) is 13.2 Å². The second kappa shape index (κ2) is 5.44. The van der Waals surface area contributed by atoms with Crippen LogP contribution < -0.4 is 4.90 Å². The van der Waals surface area contributed by atoms with Crippen LogP contribution in [0.15, 0.2) is 16.7 Å². The Kier molecular flexibility index (Phi) is 4.66.